The van der Waals surface area contributed by atoms with E-state index in [4.69, 9.17) is 9.94 Å². The van der Waals surface area contributed by atoms with Crippen LogP contribution in [0.25, 0.3) is 0 Å². The van der Waals surface area contributed by atoms with Crippen LogP contribution in [0.2, 0.25) is 0 Å². The summed E-state index contributed by atoms with van der Waals surface area (Å²) in [5, 5.41) is 13.4. The van der Waals surface area contributed by atoms with E-state index in [1.807, 2.05) is 36.1 Å². The second kappa shape index (κ2) is 9.28. The van der Waals surface area contributed by atoms with Crippen LogP contribution in [0.5, 0.6) is 0 Å². The van der Waals surface area contributed by atoms with Crippen molar-refractivity contribution in [2.75, 3.05) is 26.2 Å². The van der Waals surface area contributed by atoms with Gasteiger partial charge < -0.3 is 9.94 Å². The topological polar surface area (TPSA) is 62.1 Å². The molecule has 0 bridgehead atoms. The van der Waals surface area contributed by atoms with Crippen LogP contribution in [-0.4, -0.2) is 47.9 Å². The summed E-state index contributed by atoms with van der Waals surface area (Å²) in [6.45, 7) is 3.95. The molecule has 146 valence electrons. The Morgan fingerprint density at radius 3 is 2.61 bits per heavy atom. The molecule has 0 saturated carbocycles. The minimum absolute atomic E-state index is 0.288. The summed E-state index contributed by atoms with van der Waals surface area (Å²) in [7, 11) is 0. The molecule has 0 fully saturated rings. The molecule has 2 aromatic rings. The number of halogens is 1. The summed E-state index contributed by atoms with van der Waals surface area (Å²) in [5.74, 6) is -1.24. The van der Waals surface area contributed by atoms with Gasteiger partial charge in [0.1, 0.15) is 18.1 Å². The first-order chi connectivity index (χ1) is 13.6. The van der Waals surface area contributed by atoms with Crippen molar-refractivity contribution in [1.82, 2.24) is 4.90 Å². The fourth-order valence-corrected chi connectivity index (χ4v) is 3.17. The van der Waals surface area contributed by atoms with Crippen LogP contribution in [0.4, 0.5) is 4.39 Å². The third kappa shape index (κ3) is 4.84. The van der Waals surface area contributed by atoms with Crippen LogP contribution in [0, 0.1) is 12.7 Å². The zero-order valence-corrected chi connectivity index (χ0v) is 15.8. The van der Waals surface area contributed by atoms with Gasteiger partial charge >= 0.3 is 5.97 Å². The van der Waals surface area contributed by atoms with Crippen molar-refractivity contribution in [1.29, 1.82) is 0 Å². The molecule has 2 aromatic carbocycles. The SMILES string of the molecule is Cc1ccccc1/C(=N\OCCN1CCC=C(C(=O)O)C1)c1ccccc1F. The highest BCUT2D eigenvalue weighted by Crippen LogP contribution is 2.18. The van der Waals surface area contributed by atoms with Crippen molar-refractivity contribution >= 4 is 11.7 Å². The average Bonchev–Trinajstić information content (AvgIpc) is 2.70. The Morgan fingerprint density at radius 2 is 1.89 bits per heavy atom. The van der Waals surface area contributed by atoms with E-state index in [-0.39, 0.29) is 12.4 Å². The lowest BCUT2D eigenvalue weighted by molar-refractivity contribution is -0.133. The highest BCUT2D eigenvalue weighted by Gasteiger charge is 2.18. The Morgan fingerprint density at radius 1 is 1.18 bits per heavy atom. The first-order valence-electron chi connectivity index (χ1n) is 9.22. The summed E-state index contributed by atoms with van der Waals surface area (Å²) in [6.07, 6.45) is 2.46. The average molecular weight is 382 g/mol. The second-order valence-electron chi connectivity index (χ2n) is 6.67. The summed E-state index contributed by atoms with van der Waals surface area (Å²) in [5.41, 5.74) is 3.01. The molecule has 3 rings (SSSR count). The van der Waals surface area contributed by atoms with Gasteiger partial charge in [0.2, 0.25) is 0 Å². The van der Waals surface area contributed by atoms with E-state index in [1.165, 1.54) is 6.07 Å². The lowest BCUT2D eigenvalue weighted by Crippen LogP contribution is -2.34. The van der Waals surface area contributed by atoms with Gasteiger partial charge in [0, 0.05) is 36.3 Å². The molecule has 28 heavy (non-hydrogen) atoms. The number of benzene rings is 2. The molecule has 0 saturated heterocycles. The Hall–Kier alpha value is -2.99. The number of oxime groups is 1. The van der Waals surface area contributed by atoms with Gasteiger partial charge in [-0.2, -0.15) is 0 Å². The van der Waals surface area contributed by atoms with E-state index in [0.29, 0.717) is 36.4 Å². The number of rotatable bonds is 7. The molecule has 1 N–H and O–H groups in total. The monoisotopic (exact) mass is 382 g/mol. The Kier molecular flexibility index (Phi) is 6.55. The predicted octanol–water partition coefficient (Wildman–Crippen LogP) is 3.62. The number of nitrogens with zero attached hydrogens (tertiary/aromatic N) is 2. The highest BCUT2D eigenvalue weighted by atomic mass is 19.1. The summed E-state index contributed by atoms with van der Waals surface area (Å²) >= 11 is 0. The van der Waals surface area contributed by atoms with Crippen LogP contribution in [0.1, 0.15) is 23.1 Å². The fourth-order valence-electron chi connectivity index (χ4n) is 3.17. The number of hydrogen-bond acceptors (Lipinski definition) is 4. The molecular weight excluding hydrogens is 359 g/mol. The summed E-state index contributed by atoms with van der Waals surface area (Å²) < 4.78 is 14.4. The Balaban J connectivity index is 1.72. The van der Waals surface area contributed by atoms with E-state index < -0.39 is 5.97 Å². The maximum absolute atomic E-state index is 14.4. The Bertz CT molecular complexity index is 861. The number of carboxylic acids is 1. The fraction of sp³-hybridized carbons (Fsp3) is 0.273. The lowest BCUT2D eigenvalue weighted by Gasteiger charge is -2.24. The van der Waals surface area contributed by atoms with Gasteiger partial charge in [-0.05, 0) is 31.0 Å². The van der Waals surface area contributed by atoms with Crippen LogP contribution in [0.15, 0.2) is 65.3 Å². The molecule has 0 amide bonds. The minimum atomic E-state index is -0.884. The molecule has 0 aromatic heterocycles. The first kappa shape index (κ1) is 19.8. The maximum Gasteiger partial charge on any atom is 0.332 e. The minimum Gasteiger partial charge on any atom is -0.478 e. The quantitative estimate of drug-likeness (QED) is 0.451. The number of carbonyl (C=O) groups is 1. The van der Waals surface area contributed by atoms with Crippen LogP contribution in [0.3, 0.4) is 0 Å². The molecule has 0 spiro atoms. The van der Waals surface area contributed by atoms with Crippen molar-refractivity contribution in [3.05, 3.63) is 82.7 Å². The van der Waals surface area contributed by atoms with Gasteiger partial charge in [0.05, 0.1) is 0 Å². The number of aryl methyl sites for hydroxylation is 1. The van der Waals surface area contributed by atoms with Crippen molar-refractivity contribution in [2.45, 2.75) is 13.3 Å². The molecular formula is C22H23FN2O3. The number of carboxylic acid groups (broad SMARTS) is 1. The molecule has 1 aliphatic heterocycles. The van der Waals surface area contributed by atoms with E-state index in [2.05, 4.69) is 5.16 Å². The predicted molar refractivity (Wildman–Crippen MR) is 106 cm³/mol. The van der Waals surface area contributed by atoms with Crippen molar-refractivity contribution < 1.29 is 19.1 Å². The van der Waals surface area contributed by atoms with Crippen molar-refractivity contribution in [3.8, 4) is 0 Å². The smallest absolute Gasteiger partial charge is 0.332 e. The van der Waals surface area contributed by atoms with E-state index >= 15 is 0 Å². The second-order valence-corrected chi connectivity index (χ2v) is 6.67. The first-order valence-corrected chi connectivity index (χ1v) is 9.22. The molecule has 5 nitrogen and oxygen atoms in total. The van der Waals surface area contributed by atoms with Crippen LogP contribution >= 0.6 is 0 Å². The molecule has 0 unspecified atom stereocenters. The summed E-state index contributed by atoms with van der Waals surface area (Å²) in [4.78, 5) is 18.6. The van der Waals surface area contributed by atoms with Gasteiger partial charge in [-0.25, -0.2) is 9.18 Å². The van der Waals surface area contributed by atoms with E-state index in [9.17, 15) is 9.18 Å². The summed E-state index contributed by atoms with van der Waals surface area (Å²) in [6, 6.07) is 14.1. The normalized spacial score (nSPS) is 15.2. The lowest BCUT2D eigenvalue weighted by atomic mass is 9.98. The highest BCUT2D eigenvalue weighted by molar-refractivity contribution is 6.13. The largest absolute Gasteiger partial charge is 0.478 e. The molecule has 0 aliphatic carbocycles. The van der Waals surface area contributed by atoms with Crippen molar-refractivity contribution in [3.63, 3.8) is 0 Å². The van der Waals surface area contributed by atoms with Crippen LogP contribution in [-0.2, 0) is 9.63 Å². The number of aliphatic carboxylic acids is 1. The Labute approximate surface area is 163 Å². The van der Waals surface area contributed by atoms with E-state index in [1.54, 1.807) is 24.3 Å². The van der Waals surface area contributed by atoms with Crippen molar-refractivity contribution in [2.24, 2.45) is 5.16 Å². The molecule has 1 heterocycles. The zero-order chi connectivity index (χ0) is 19.9. The van der Waals surface area contributed by atoms with Gasteiger partial charge in [-0.15, -0.1) is 0 Å². The van der Waals surface area contributed by atoms with Gasteiger partial charge in [-0.3, -0.25) is 4.90 Å². The zero-order valence-electron chi connectivity index (χ0n) is 15.8. The van der Waals surface area contributed by atoms with Gasteiger partial charge in [-0.1, -0.05) is 47.6 Å². The molecule has 6 heteroatoms. The van der Waals surface area contributed by atoms with Crippen LogP contribution < -0.4 is 0 Å². The third-order valence-corrected chi connectivity index (χ3v) is 4.69. The molecule has 1 aliphatic rings. The van der Waals surface area contributed by atoms with E-state index in [0.717, 1.165) is 17.7 Å². The maximum atomic E-state index is 14.4. The van der Waals surface area contributed by atoms with Gasteiger partial charge in [0.25, 0.3) is 0 Å². The third-order valence-electron chi connectivity index (χ3n) is 4.69. The molecule has 0 atom stereocenters. The number of hydrogen-bond donors (Lipinski definition) is 1. The van der Waals surface area contributed by atoms with Gasteiger partial charge in [0.15, 0.2) is 0 Å². The standard InChI is InChI=1S/C22H23FN2O3/c1-16-7-2-3-9-18(16)21(19-10-4-5-11-20(19)23)24-28-14-13-25-12-6-8-17(15-25)22(26)27/h2-5,7-11H,6,12-15H2,1H3,(H,26,27)/b24-21+. The molecule has 0 radical (unpaired) electrons.